The van der Waals surface area contributed by atoms with Crippen molar-refractivity contribution in [3.8, 4) is 17.2 Å². The summed E-state index contributed by atoms with van der Waals surface area (Å²) in [7, 11) is 1.89. The van der Waals surface area contributed by atoms with Gasteiger partial charge in [0.05, 0.1) is 0 Å². The number of carbonyl (C=O) groups excluding carboxylic acids is 1. The van der Waals surface area contributed by atoms with Crippen LogP contribution in [0.4, 0.5) is 0 Å². The van der Waals surface area contributed by atoms with Crippen molar-refractivity contribution in [1.29, 1.82) is 0 Å². The van der Waals surface area contributed by atoms with E-state index in [4.69, 9.17) is 18.6 Å². The number of benzene rings is 1. The minimum atomic E-state index is -0.0723. The van der Waals surface area contributed by atoms with Crippen LogP contribution in [0.25, 0.3) is 0 Å². The molecule has 1 amide bonds. The fourth-order valence-corrected chi connectivity index (χ4v) is 3.80. The first-order valence-electron chi connectivity index (χ1n) is 9.43. The molecule has 0 saturated heterocycles. The van der Waals surface area contributed by atoms with E-state index in [9.17, 15) is 4.79 Å². The molecule has 27 heavy (non-hydrogen) atoms. The molecule has 142 valence electrons. The zero-order valence-corrected chi connectivity index (χ0v) is 15.2. The van der Waals surface area contributed by atoms with Crippen LogP contribution in [-0.4, -0.2) is 35.7 Å². The third-order valence-electron chi connectivity index (χ3n) is 5.45. The lowest BCUT2D eigenvalue weighted by atomic mass is 10.1. The Morgan fingerprint density at radius 3 is 2.70 bits per heavy atom. The second-order valence-electron chi connectivity index (χ2n) is 7.51. The normalized spacial score (nSPS) is 18.0. The molecule has 1 aliphatic heterocycles. The summed E-state index contributed by atoms with van der Waals surface area (Å²) in [5, 5.41) is 0. The molecule has 2 saturated carbocycles. The summed E-state index contributed by atoms with van der Waals surface area (Å²) in [5.74, 6) is 3.61. The Morgan fingerprint density at radius 2 is 1.96 bits per heavy atom. The lowest BCUT2D eigenvalue weighted by Crippen LogP contribution is -2.40. The molecular formula is C20H22N2O5. The highest BCUT2D eigenvalue weighted by atomic mass is 16.7. The molecule has 0 N–H and O–H groups in total. The van der Waals surface area contributed by atoms with Crippen molar-refractivity contribution < 1.29 is 23.4 Å². The van der Waals surface area contributed by atoms with E-state index in [2.05, 4.69) is 4.98 Å². The Kier molecular flexibility index (Phi) is 3.95. The zero-order chi connectivity index (χ0) is 18.4. The quantitative estimate of drug-likeness (QED) is 0.745. The standard InChI is InChI=1S/C20H22N2O5/c1-22(19(12-2-3-12)13-4-5-13)20(23)15-9-25-18(21-15)10-24-14-6-7-16-17(8-14)27-11-26-16/h6-9,12-13,19H,2-5,10-11H2,1H3. The molecule has 3 aliphatic rings. The van der Waals surface area contributed by atoms with E-state index in [1.54, 1.807) is 18.2 Å². The van der Waals surface area contributed by atoms with Crippen molar-refractivity contribution in [2.24, 2.45) is 11.8 Å². The number of nitrogens with zero attached hydrogens (tertiary/aromatic N) is 2. The lowest BCUT2D eigenvalue weighted by molar-refractivity contribution is 0.0684. The van der Waals surface area contributed by atoms with Gasteiger partial charge in [-0.3, -0.25) is 4.79 Å². The van der Waals surface area contributed by atoms with E-state index in [1.165, 1.54) is 31.9 Å². The maximum Gasteiger partial charge on any atom is 0.275 e. The van der Waals surface area contributed by atoms with Crippen LogP contribution in [0.1, 0.15) is 42.1 Å². The summed E-state index contributed by atoms with van der Waals surface area (Å²) in [6.45, 7) is 0.367. The van der Waals surface area contributed by atoms with Gasteiger partial charge in [-0.15, -0.1) is 0 Å². The average Bonchev–Trinajstić information content (AvgIpc) is 3.60. The highest BCUT2D eigenvalue weighted by Crippen LogP contribution is 2.47. The van der Waals surface area contributed by atoms with Crippen molar-refractivity contribution in [2.75, 3.05) is 13.8 Å². The predicted molar refractivity (Wildman–Crippen MR) is 94.7 cm³/mol. The number of rotatable bonds is 7. The molecule has 0 radical (unpaired) electrons. The van der Waals surface area contributed by atoms with Gasteiger partial charge < -0.3 is 23.5 Å². The fourth-order valence-electron chi connectivity index (χ4n) is 3.80. The van der Waals surface area contributed by atoms with E-state index in [0.717, 1.165) is 0 Å². The van der Waals surface area contributed by atoms with Gasteiger partial charge in [0, 0.05) is 19.2 Å². The van der Waals surface area contributed by atoms with Crippen molar-refractivity contribution in [3.63, 3.8) is 0 Å². The highest BCUT2D eigenvalue weighted by Gasteiger charge is 2.45. The molecule has 2 heterocycles. The van der Waals surface area contributed by atoms with E-state index in [0.29, 0.717) is 46.7 Å². The van der Waals surface area contributed by atoms with Gasteiger partial charge in [-0.25, -0.2) is 4.98 Å². The number of fused-ring (bicyclic) bond motifs is 1. The van der Waals surface area contributed by atoms with Crippen molar-refractivity contribution in [1.82, 2.24) is 9.88 Å². The second-order valence-corrected chi connectivity index (χ2v) is 7.51. The Morgan fingerprint density at radius 1 is 1.22 bits per heavy atom. The second kappa shape index (κ2) is 6.48. The Hall–Kier alpha value is -2.70. The smallest absolute Gasteiger partial charge is 0.275 e. The maximum absolute atomic E-state index is 12.8. The van der Waals surface area contributed by atoms with Crippen LogP contribution in [0.2, 0.25) is 0 Å². The maximum atomic E-state index is 12.8. The van der Waals surface area contributed by atoms with Crippen LogP contribution in [0.5, 0.6) is 17.2 Å². The Labute approximate surface area is 157 Å². The summed E-state index contributed by atoms with van der Waals surface area (Å²) < 4.78 is 21.8. The molecule has 5 rings (SSSR count). The van der Waals surface area contributed by atoms with E-state index in [-0.39, 0.29) is 19.3 Å². The monoisotopic (exact) mass is 370 g/mol. The Bertz CT molecular complexity index is 844. The van der Waals surface area contributed by atoms with Gasteiger partial charge >= 0.3 is 0 Å². The third-order valence-corrected chi connectivity index (χ3v) is 5.45. The topological polar surface area (TPSA) is 74.0 Å². The van der Waals surface area contributed by atoms with Gasteiger partial charge in [-0.2, -0.15) is 0 Å². The first-order valence-corrected chi connectivity index (χ1v) is 9.43. The summed E-state index contributed by atoms with van der Waals surface area (Å²) in [5.41, 5.74) is 0.341. The first-order chi connectivity index (χ1) is 13.2. The number of oxazole rings is 1. The molecule has 2 aliphatic carbocycles. The van der Waals surface area contributed by atoms with Gasteiger partial charge in [-0.1, -0.05) is 0 Å². The minimum Gasteiger partial charge on any atom is -0.484 e. The summed E-state index contributed by atoms with van der Waals surface area (Å²) in [6, 6.07) is 5.71. The van der Waals surface area contributed by atoms with E-state index < -0.39 is 0 Å². The van der Waals surface area contributed by atoms with Crippen LogP contribution >= 0.6 is 0 Å². The van der Waals surface area contributed by atoms with E-state index >= 15 is 0 Å². The van der Waals surface area contributed by atoms with Crippen LogP contribution in [0, 0.1) is 11.8 Å². The van der Waals surface area contributed by atoms with Crippen LogP contribution in [-0.2, 0) is 6.61 Å². The number of aromatic nitrogens is 1. The summed E-state index contributed by atoms with van der Waals surface area (Å²) in [6.07, 6.45) is 6.34. The third kappa shape index (κ3) is 3.34. The largest absolute Gasteiger partial charge is 0.484 e. The molecule has 1 aromatic carbocycles. The summed E-state index contributed by atoms with van der Waals surface area (Å²) >= 11 is 0. The number of carbonyl (C=O) groups is 1. The molecule has 0 bridgehead atoms. The van der Waals surface area contributed by atoms with Crippen LogP contribution in [0.15, 0.2) is 28.9 Å². The highest BCUT2D eigenvalue weighted by molar-refractivity contribution is 5.92. The molecule has 7 nitrogen and oxygen atoms in total. The van der Waals surface area contributed by atoms with Gasteiger partial charge in [0.15, 0.2) is 23.8 Å². The van der Waals surface area contributed by atoms with Gasteiger partial charge in [-0.05, 0) is 49.7 Å². The van der Waals surface area contributed by atoms with Crippen molar-refractivity contribution in [2.45, 2.75) is 38.3 Å². The van der Waals surface area contributed by atoms with Crippen LogP contribution in [0.3, 0.4) is 0 Å². The molecular weight excluding hydrogens is 348 g/mol. The van der Waals surface area contributed by atoms with Gasteiger partial charge in [0.25, 0.3) is 5.91 Å². The minimum absolute atomic E-state index is 0.0723. The average molecular weight is 370 g/mol. The van der Waals surface area contributed by atoms with Gasteiger partial charge in [0.2, 0.25) is 12.7 Å². The molecule has 0 atom stereocenters. The first kappa shape index (κ1) is 16.5. The molecule has 2 aromatic rings. The molecule has 7 heteroatoms. The molecule has 2 fully saturated rings. The molecule has 0 unspecified atom stereocenters. The number of ether oxygens (including phenoxy) is 3. The summed E-state index contributed by atoms with van der Waals surface area (Å²) in [4.78, 5) is 19.0. The lowest BCUT2D eigenvalue weighted by Gasteiger charge is -2.27. The zero-order valence-electron chi connectivity index (χ0n) is 15.2. The van der Waals surface area contributed by atoms with Crippen molar-refractivity contribution in [3.05, 3.63) is 36.0 Å². The Balaban J connectivity index is 1.22. The van der Waals surface area contributed by atoms with Gasteiger partial charge in [0.1, 0.15) is 12.0 Å². The van der Waals surface area contributed by atoms with E-state index in [1.807, 2.05) is 11.9 Å². The molecule has 1 aromatic heterocycles. The van der Waals surface area contributed by atoms with Crippen molar-refractivity contribution >= 4 is 5.91 Å². The predicted octanol–water partition coefficient (Wildman–Crippen LogP) is 3.24. The SMILES string of the molecule is CN(C(=O)c1coc(COc2ccc3c(c2)OCO3)n1)C(C1CC1)C1CC1. The van der Waals surface area contributed by atoms with Crippen LogP contribution < -0.4 is 14.2 Å². The number of hydrogen-bond acceptors (Lipinski definition) is 6. The number of amides is 1. The fraction of sp³-hybridized carbons (Fsp3) is 0.500. The molecule has 0 spiro atoms. The number of hydrogen-bond donors (Lipinski definition) is 0.